The van der Waals surface area contributed by atoms with Gasteiger partial charge in [0, 0.05) is 19.1 Å². The van der Waals surface area contributed by atoms with Gasteiger partial charge in [-0.05, 0) is 31.8 Å². The van der Waals surface area contributed by atoms with Crippen LogP contribution in [0.4, 0.5) is 4.79 Å². The number of carbonyl (C=O) groups excluding carboxylic acids is 1. The number of carbonyl (C=O) groups is 1. The molecular formula is C10H19N3O. The third-order valence-electron chi connectivity index (χ3n) is 3.25. The van der Waals surface area contributed by atoms with Crippen molar-refractivity contribution in [3.05, 3.63) is 0 Å². The average Bonchev–Trinajstić information content (AvgIpc) is 2.20. The van der Waals surface area contributed by atoms with E-state index < -0.39 is 0 Å². The molecule has 4 nitrogen and oxygen atoms in total. The largest absolute Gasteiger partial charge is 0.338 e. The maximum Gasteiger partial charge on any atom is 0.317 e. The van der Waals surface area contributed by atoms with Gasteiger partial charge in [0.05, 0.1) is 0 Å². The first-order valence-electron chi connectivity index (χ1n) is 5.54. The Kier molecular flexibility index (Phi) is 2.91. The van der Waals surface area contributed by atoms with Crippen molar-refractivity contribution in [1.29, 1.82) is 0 Å². The molecule has 2 rings (SSSR count). The second kappa shape index (κ2) is 4.17. The number of rotatable bonds is 1. The average molecular weight is 197 g/mol. The monoisotopic (exact) mass is 197 g/mol. The molecule has 0 radical (unpaired) electrons. The Morgan fingerprint density at radius 2 is 2.29 bits per heavy atom. The van der Waals surface area contributed by atoms with Crippen LogP contribution in [0.25, 0.3) is 0 Å². The highest BCUT2D eigenvalue weighted by molar-refractivity contribution is 5.75. The molecule has 0 spiro atoms. The fourth-order valence-electron chi connectivity index (χ4n) is 2.43. The molecule has 2 N–H and O–H groups in total. The first kappa shape index (κ1) is 9.77. The SMILES string of the molecule is CC1CNCCC1N1CCCNC1=O. The second-order valence-corrected chi connectivity index (χ2v) is 4.32. The van der Waals surface area contributed by atoms with Crippen LogP contribution in [0.15, 0.2) is 0 Å². The lowest BCUT2D eigenvalue weighted by Crippen LogP contribution is -2.56. The summed E-state index contributed by atoms with van der Waals surface area (Å²) in [6.45, 7) is 6.07. The molecule has 2 aliphatic rings. The van der Waals surface area contributed by atoms with Crippen LogP contribution in [-0.4, -0.2) is 43.2 Å². The van der Waals surface area contributed by atoms with Gasteiger partial charge in [-0.15, -0.1) is 0 Å². The standard InChI is InChI=1S/C10H19N3O/c1-8-7-11-5-3-9(8)13-6-2-4-12-10(13)14/h8-9,11H,2-7H2,1H3,(H,12,14). The maximum atomic E-state index is 11.6. The van der Waals surface area contributed by atoms with Crippen LogP contribution in [0.2, 0.25) is 0 Å². The van der Waals surface area contributed by atoms with Gasteiger partial charge in [0.1, 0.15) is 0 Å². The van der Waals surface area contributed by atoms with Crippen LogP contribution in [0.5, 0.6) is 0 Å². The first-order chi connectivity index (χ1) is 6.79. The Hall–Kier alpha value is -0.770. The molecule has 0 aromatic rings. The molecule has 2 fully saturated rings. The predicted octanol–water partition coefficient (Wildman–Crippen LogP) is 0.400. The Morgan fingerprint density at radius 3 is 3.00 bits per heavy atom. The lowest BCUT2D eigenvalue weighted by atomic mass is 9.93. The third kappa shape index (κ3) is 1.85. The molecule has 14 heavy (non-hydrogen) atoms. The van der Waals surface area contributed by atoms with E-state index in [1.54, 1.807) is 0 Å². The van der Waals surface area contributed by atoms with Crippen LogP contribution >= 0.6 is 0 Å². The van der Waals surface area contributed by atoms with E-state index in [0.717, 1.165) is 39.0 Å². The van der Waals surface area contributed by atoms with Gasteiger partial charge < -0.3 is 15.5 Å². The number of urea groups is 1. The van der Waals surface area contributed by atoms with Crippen molar-refractivity contribution in [2.75, 3.05) is 26.2 Å². The molecule has 2 atom stereocenters. The van der Waals surface area contributed by atoms with Gasteiger partial charge in [0.25, 0.3) is 0 Å². The fourth-order valence-corrected chi connectivity index (χ4v) is 2.43. The molecule has 2 amide bonds. The molecule has 0 saturated carbocycles. The zero-order valence-electron chi connectivity index (χ0n) is 8.75. The Labute approximate surface area is 85.0 Å². The summed E-state index contributed by atoms with van der Waals surface area (Å²) in [6, 6.07) is 0.576. The molecule has 0 bridgehead atoms. The quantitative estimate of drug-likeness (QED) is 0.639. The van der Waals surface area contributed by atoms with E-state index in [1.165, 1.54) is 0 Å². The number of nitrogens with zero attached hydrogens (tertiary/aromatic N) is 1. The zero-order valence-corrected chi connectivity index (χ0v) is 8.75. The van der Waals surface area contributed by atoms with Crippen molar-refractivity contribution in [3.63, 3.8) is 0 Å². The highest BCUT2D eigenvalue weighted by Crippen LogP contribution is 2.19. The maximum absolute atomic E-state index is 11.6. The zero-order chi connectivity index (χ0) is 9.97. The summed E-state index contributed by atoms with van der Waals surface area (Å²) in [5.74, 6) is 0.576. The molecule has 2 unspecified atom stereocenters. The summed E-state index contributed by atoms with van der Waals surface area (Å²) in [5.41, 5.74) is 0. The van der Waals surface area contributed by atoms with Gasteiger partial charge in [0.2, 0.25) is 0 Å². The summed E-state index contributed by atoms with van der Waals surface area (Å²) >= 11 is 0. The molecule has 0 aliphatic carbocycles. The van der Waals surface area contributed by atoms with Gasteiger partial charge in [-0.2, -0.15) is 0 Å². The molecular weight excluding hydrogens is 178 g/mol. The lowest BCUT2D eigenvalue weighted by molar-refractivity contribution is 0.121. The summed E-state index contributed by atoms with van der Waals surface area (Å²) in [5, 5.41) is 6.28. The number of nitrogens with one attached hydrogen (secondary N) is 2. The van der Waals surface area contributed by atoms with Crippen LogP contribution < -0.4 is 10.6 Å². The van der Waals surface area contributed by atoms with Crippen molar-refractivity contribution in [2.45, 2.75) is 25.8 Å². The normalized spacial score (nSPS) is 34.1. The molecule has 4 heteroatoms. The Bertz CT molecular complexity index is 219. The van der Waals surface area contributed by atoms with E-state index in [2.05, 4.69) is 17.6 Å². The van der Waals surface area contributed by atoms with Crippen molar-refractivity contribution in [3.8, 4) is 0 Å². The van der Waals surface area contributed by atoms with Gasteiger partial charge in [-0.1, -0.05) is 6.92 Å². The number of hydrogen-bond donors (Lipinski definition) is 2. The molecule has 2 saturated heterocycles. The lowest BCUT2D eigenvalue weighted by Gasteiger charge is -2.40. The molecule has 80 valence electrons. The minimum Gasteiger partial charge on any atom is -0.338 e. The highest BCUT2D eigenvalue weighted by Gasteiger charge is 2.31. The van der Waals surface area contributed by atoms with E-state index in [9.17, 15) is 4.79 Å². The van der Waals surface area contributed by atoms with Gasteiger partial charge in [-0.3, -0.25) is 0 Å². The number of amides is 2. The second-order valence-electron chi connectivity index (χ2n) is 4.32. The molecule has 0 aromatic heterocycles. The first-order valence-corrected chi connectivity index (χ1v) is 5.54. The van der Waals surface area contributed by atoms with Crippen molar-refractivity contribution >= 4 is 6.03 Å². The summed E-state index contributed by atoms with van der Waals surface area (Å²) in [4.78, 5) is 13.7. The van der Waals surface area contributed by atoms with Crippen LogP contribution in [0.1, 0.15) is 19.8 Å². The van der Waals surface area contributed by atoms with E-state index in [0.29, 0.717) is 12.0 Å². The van der Waals surface area contributed by atoms with Gasteiger partial charge in [-0.25, -0.2) is 4.79 Å². The minimum atomic E-state index is 0.134. The third-order valence-corrected chi connectivity index (χ3v) is 3.25. The van der Waals surface area contributed by atoms with E-state index in [1.807, 2.05) is 4.90 Å². The summed E-state index contributed by atoms with van der Waals surface area (Å²) in [7, 11) is 0. The summed E-state index contributed by atoms with van der Waals surface area (Å²) < 4.78 is 0. The van der Waals surface area contributed by atoms with Gasteiger partial charge in [0.15, 0.2) is 0 Å². The predicted molar refractivity (Wildman–Crippen MR) is 55.2 cm³/mol. The molecule has 2 aliphatic heterocycles. The Morgan fingerprint density at radius 1 is 1.43 bits per heavy atom. The van der Waals surface area contributed by atoms with Crippen molar-refractivity contribution in [2.24, 2.45) is 5.92 Å². The number of hydrogen-bond acceptors (Lipinski definition) is 2. The Balaban J connectivity index is 2.00. The number of piperidine rings is 1. The van der Waals surface area contributed by atoms with Crippen molar-refractivity contribution in [1.82, 2.24) is 15.5 Å². The summed E-state index contributed by atoms with van der Waals surface area (Å²) in [6.07, 6.45) is 2.18. The molecule has 2 heterocycles. The molecule has 0 aromatic carbocycles. The highest BCUT2D eigenvalue weighted by atomic mass is 16.2. The van der Waals surface area contributed by atoms with Crippen molar-refractivity contribution < 1.29 is 4.79 Å². The van der Waals surface area contributed by atoms with E-state index in [4.69, 9.17) is 0 Å². The van der Waals surface area contributed by atoms with Crippen LogP contribution in [0, 0.1) is 5.92 Å². The van der Waals surface area contributed by atoms with E-state index >= 15 is 0 Å². The minimum absolute atomic E-state index is 0.134. The topological polar surface area (TPSA) is 44.4 Å². The van der Waals surface area contributed by atoms with Crippen LogP contribution in [-0.2, 0) is 0 Å². The van der Waals surface area contributed by atoms with Crippen LogP contribution in [0.3, 0.4) is 0 Å². The van der Waals surface area contributed by atoms with E-state index in [-0.39, 0.29) is 6.03 Å². The smallest absolute Gasteiger partial charge is 0.317 e. The van der Waals surface area contributed by atoms with Gasteiger partial charge >= 0.3 is 6.03 Å². The fraction of sp³-hybridized carbons (Fsp3) is 0.900.